The molecule has 2 aromatic rings. The van der Waals surface area contributed by atoms with Crippen LogP contribution in [0.5, 0.6) is 5.75 Å². The van der Waals surface area contributed by atoms with Crippen LogP contribution in [-0.2, 0) is 16.1 Å². The van der Waals surface area contributed by atoms with Crippen LogP contribution in [0.15, 0.2) is 59.7 Å². The van der Waals surface area contributed by atoms with Gasteiger partial charge in [0.15, 0.2) is 0 Å². The van der Waals surface area contributed by atoms with Gasteiger partial charge < -0.3 is 10.1 Å². The summed E-state index contributed by atoms with van der Waals surface area (Å²) in [5, 5.41) is 6.52. The van der Waals surface area contributed by atoms with Crippen LogP contribution in [0.3, 0.4) is 0 Å². The molecule has 0 atom stereocenters. The average Bonchev–Trinajstić information content (AvgIpc) is 2.61. The van der Waals surface area contributed by atoms with Crippen LogP contribution in [0.4, 0.5) is 0 Å². The number of hydrogen-bond donors (Lipinski definition) is 2. The number of amides is 2. The van der Waals surface area contributed by atoms with E-state index in [2.05, 4.69) is 15.8 Å². The zero-order valence-electron chi connectivity index (χ0n) is 13.4. The summed E-state index contributed by atoms with van der Waals surface area (Å²) in [7, 11) is 1.56. The maximum atomic E-state index is 11.7. The summed E-state index contributed by atoms with van der Waals surface area (Å²) in [4.78, 5) is 23.4. The second-order valence-electron chi connectivity index (χ2n) is 4.97. The number of carbonyl (C=O) groups excluding carboxylic acids is 2. The van der Waals surface area contributed by atoms with Gasteiger partial charge in [-0.25, -0.2) is 5.43 Å². The highest BCUT2D eigenvalue weighted by Gasteiger charge is 2.08. The van der Waals surface area contributed by atoms with E-state index >= 15 is 0 Å². The molecule has 0 fully saturated rings. The summed E-state index contributed by atoms with van der Waals surface area (Å²) < 4.78 is 5.17. The van der Waals surface area contributed by atoms with E-state index in [1.165, 1.54) is 6.21 Å². The number of nitrogens with one attached hydrogen (secondary N) is 2. The molecular formula is C18H19N3O3. The summed E-state index contributed by atoms with van der Waals surface area (Å²) in [5.74, 6) is -0.188. The number of para-hydroxylation sites is 1. The minimum Gasteiger partial charge on any atom is -0.496 e. The molecule has 2 rings (SSSR count). The SMILES string of the molecule is COc1ccccc1C=NNC(=O)CC(=O)NCc1ccccc1. The predicted octanol–water partition coefficient (Wildman–Crippen LogP) is 1.85. The van der Waals surface area contributed by atoms with E-state index in [0.717, 1.165) is 11.1 Å². The number of rotatable bonds is 7. The molecule has 6 heteroatoms. The summed E-state index contributed by atoms with van der Waals surface area (Å²) in [6, 6.07) is 16.8. The lowest BCUT2D eigenvalue weighted by molar-refractivity contribution is -0.129. The molecule has 0 radical (unpaired) electrons. The van der Waals surface area contributed by atoms with Crippen molar-refractivity contribution in [3.05, 3.63) is 65.7 Å². The Kier molecular flexibility index (Phi) is 6.52. The fraction of sp³-hybridized carbons (Fsp3) is 0.167. The van der Waals surface area contributed by atoms with Crippen molar-refractivity contribution in [3.8, 4) is 5.75 Å². The predicted molar refractivity (Wildman–Crippen MR) is 91.6 cm³/mol. The van der Waals surface area contributed by atoms with Crippen molar-refractivity contribution in [2.45, 2.75) is 13.0 Å². The minimum atomic E-state index is -0.480. The quantitative estimate of drug-likeness (QED) is 0.463. The van der Waals surface area contributed by atoms with Crippen molar-refractivity contribution < 1.29 is 14.3 Å². The summed E-state index contributed by atoms with van der Waals surface area (Å²) >= 11 is 0. The lowest BCUT2D eigenvalue weighted by Gasteiger charge is -2.05. The first-order valence-corrected chi connectivity index (χ1v) is 7.44. The van der Waals surface area contributed by atoms with Crippen molar-refractivity contribution in [1.82, 2.24) is 10.7 Å². The second kappa shape index (κ2) is 9.09. The van der Waals surface area contributed by atoms with Crippen LogP contribution in [0.2, 0.25) is 0 Å². The monoisotopic (exact) mass is 325 g/mol. The highest BCUT2D eigenvalue weighted by molar-refractivity contribution is 5.97. The van der Waals surface area contributed by atoms with Gasteiger partial charge in [0.25, 0.3) is 0 Å². The molecule has 0 spiro atoms. The highest BCUT2D eigenvalue weighted by Crippen LogP contribution is 2.14. The molecule has 24 heavy (non-hydrogen) atoms. The lowest BCUT2D eigenvalue weighted by Crippen LogP contribution is -2.29. The van der Waals surface area contributed by atoms with E-state index in [4.69, 9.17) is 4.74 Å². The standard InChI is InChI=1S/C18H19N3O3/c1-24-16-10-6-5-9-15(16)13-20-21-18(23)11-17(22)19-12-14-7-3-2-4-8-14/h2-10,13H,11-12H2,1H3,(H,19,22)(H,21,23). The summed E-state index contributed by atoms with van der Waals surface area (Å²) in [5.41, 5.74) is 4.03. The molecule has 0 saturated heterocycles. The number of methoxy groups -OCH3 is 1. The number of nitrogens with zero attached hydrogens (tertiary/aromatic N) is 1. The molecule has 0 aromatic heterocycles. The number of ether oxygens (including phenoxy) is 1. The van der Waals surface area contributed by atoms with Crippen molar-refractivity contribution >= 4 is 18.0 Å². The Bertz CT molecular complexity index is 714. The van der Waals surface area contributed by atoms with Gasteiger partial charge in [-0.15, -0.1) is 0 Å². The van der Waals surface area contributed by atoms with Crippen LogP contribution in [0.25, 0.3) is 0 Å². The first-order valence-electron chi connectivity index (χ1n) is 7.44. The topological polar surface area (TPSA) is 79.8 Å². The molecule has 0 unspecified atom stereocenters. The molecule has 0 heterocycles. The molecule has 124 valence electrons. The fourth-order valence-corrected chi connectivity index (χ4v) is 1.99. The van der Waals surface area contributed by atoms with Crippen molar-refractivity contribution in [3.63, 3.8) is 0 Å². The van der Waals surface area contributed by atoms with Crippen molar-refractivity contribution in [2.24, 2.45) is 5.10 Å². The van der Waals surface area contributed by atoms with Gasteiger partial charge in [-0.3, -0.25) is 9.59 Å². The van der Waals surface area contributed by atoms with Gasteiger partial charge >= 0.3 is 0 Å². The number of benzene rings is 2. The van der Waals surface area contributed by atoms with Gasteiger partial charge in [0.2, 0.25) is 11.8 Å². The lowest BCUT2D eigenvalue weighted by atomic mass is 10.2. The molecule has 6 nitrogen and oxygen atoms in total. The Hall–Kier alpha value is -3.15. The molecule has 2 aromatic carbocycles. The van der Waals surface area contributed by atoms with Crippen molar-refractivity contribution in [2.75, 3.05) is 7.11 Å². The fourth-order valence-electron chi connectivity index (χ4n) is 1.99. The van der Waals surface area contributed by atoms with Gasteiger partial charge in [0, 0.05) is 12.1 Å². The molecule has 2 N–H and O–H groups in total. The Balaban J connectivity index is 1.76. The third-order valence-electron chi connectivity index (χ3n) is 3.19. The van der Waals surface area contributed by atoms with Crippen molar-refractivity contribution in [1.29, 1.82) is 0 Å². The van der Waals surface area contributed by atoms with Crippen LogP contribution < -0.4 is 15.5 Å². The largest absolute Gasteiger partial charge is 0.496 e. The van der Waals surface area contributed by atoms with Crippen LogP contribution in [-0.4, -0.2) is 25.1 Å². The summed E-state index contributed by atoms with van der Waals surface area (Å²) in [6.07, 6.45) is 1.19. The van der Waals surface area contributed by atoms with Gasteiger partial charge in [-0.1, -0.05) is 42.5 Å². The first kappa shape index (κ1) is 17.2. The second-order valence-corrected chi connectivity index (χ2v) is 4.97. The third kappa shape index (κ3) is 5.57. The van der Waals surface area contributed by atoms with Gasteiger partial charge in [-0.2, -0.15) is 5.10 Å². The van der Waals surface area contributed by atoms with Gasteiger partial charge in [0.1, 0.15) is 12.2 Å². The maximum absolute atomic E-state index is 11.7. The van der Waals surface area contributed by atoms with Gasteiger partial charge in [-0.05, 0) is 17.7 Å². The smallest absolute Gasteiger partial charge is 0.249 e. The molecule has 0 aliphatic rings. The van der Waals surface area contributed by atoms with E-state index in [9.17, 15) is 9.59 Å². The Labute approximate surface area is 140 Å². The highest BCUT2D eigenvalue weighted by atomic mass is 16.5. The number of carbonyl (C=O) groups is 2. The van der Waals surface area contributed by atoms with E-state index in [-0.39, 0.29) is 12.3 Å². The Morgan fingerprint density at radius 2 is 1.75 bits per heavy atom. The molecule has 0 saturated carbocycles. The van der Waals surface area contributed by atoms with E-state index < -0.39 is 5.91 Å². The van der Waals surface area contributed by atoms with Gasteiger partial charge in [0.05, 0.1) is 13.3 Å². The summed E-state index contributed by atoms with van der Waals surface area (Å²) in [6.45, 7) is 0.386. The van der Waals surface area contributed by atoms with E-state index in [1.54, 1.807) is 19.2 Å². The zero-order chi connectivity index (χ0) is 17.2. The van der Waals surface area contributed by atoms with Crippen LogP contribution in [0, 0.1) is 0 Å². The molecule has 0 aliphatic carbocycles. The minimum absolute atomic E-state index is 0.282. The molecule has 0 bridgehead atoms. The number of hydrogen-bond acceptors (Lipinski definition) is 4. The molecule has 0 aliphatic heterocycles. The van der Waals surface area contributed by atoms with E-state index in [0.29, 0.717) is 12.3 Å². The Morgan fingerprint density at radius 1 is 1.04 bits per heavy atom. The normalized spacial score (nSPS) is 10.4. The van der Waals surface area contributed by atoms with E-state index in [1.807, 2.05) is 42.5 Å². The van der Waals surface area contributed by atoms with Crippen LogP contribution >= 0.6 is 0 Å². The third-order valence-corrected chi connectivity index (χ3v) is 3.19. The number of hydrazone groups is 1. The maximum Gasteiger partial charge on any atom is 0.249 e. The molecule has 2 amide bonds. The zero-order valence-corrected chi connectivity index (χ0v) is 13.4. The average molecular weight is 325 g/mol. The first-order chi connectivity index (χ1) is 11.7. The van der Waals surface area contributed by atoms with Crippen LogP contribution in [0.1, 0.15) is 17.5 Å². The Morgan fingerprint density at radius 3 is 2.50 bits per heavy atom. The molecular weight excluding hydrogens is 306 g/mol.